The Morgan fingerprint density at radius 2 is 1.83 bits per heavy atom. The number of ketones is 1. The number of nitrogens with zero attached hydrogens (tertiary/aromatic N) is 1. The third kappa shape index (κ3) is 3.41. The molecule has 2 heterocycles. The van der Waals surface area contributed by atoms with E-state index in [4.69, 9.17) is 32.7 Å². The van der Waals surface area contributed by atoms with Crippen LogP contribution in [0, 0.1) is 0 Å². The Bertz CT molecular complexity index is 1040. The van der Waals surface area contributed by atoms with E-state index in [-0.39, 0.29) is 5.02 Å². The molecule has 2 aliphatic rings. The van der Waals surface area contributed by atoms with Crippen LogP contribution < -0.4 is 14.8 Å². The van der Waals surface area contributed by atoms with Crippen LogP contribution in [0.1, 0.15) is 22.8 Å². The summed E-state index contributed by atoms with van der Waals surface area (Å²) < 4.78 is 10.9. The molecule has 2 aromatic rings. The van der Waals surface area contributed by atoms with E-state index in [0.29, 0.717) is 40.9 Å². The molecule has 1 fully saturated rings. The number of halogens is 2. The molecule has 9 heteroatoms. The Hall–Kier alpha value is -2.77. The van der Waals surface area contributed by atoms with Crippen LogP contribution in [0.4, 0.5) is 4.79 Å². The smallest absolute Gasteiger partial charge is 0.325 e. The maximum Gasteiger partial charge on any atom is 0.325 e. The highest BCUT2D eigenvalue weighted by molar-refractivity contribution is 6.35. The molecule has 150 valence electrons. The normalized spacial score (nSPS) is 20.6. The average Bonchev–Trinajstić information content (AvgIpc) is 2.91. The van der Waals surface area contributed by atoms with Crippen molar-refractivity contribution >= 4 is 40.9 Å². The molecule has 2 aliphatic heterocycles. The van der Waals surface area contributed by atoms with E-state index in [1.165, 1.54) is 13.0 Å². The van der Waals surface area contributed by atoms with Crippen LogP contribution in [0.25, 0.3) is 0 Å². The zero-order valence-electron chi connectivity index (χ0n) is 15.3. The summed E-state index contributed by atoms with van der Waals surface area (Å²) in [6, 6.07) is 8.73. The molecule has 1 atom stereocenters. The Morgan fingerprint density at radius 3 is 2.55 bits per heavy atom. The number of imide groups is 1. The topological polar surface area (TPSA) is 84.9 Å². The van der Waals surface area contributed by atoms with E-state index in [1.807, 2.05) is 0 Å². The number of rotatable bonds is 4. The summed E-state index contributed by atoms with van der Waals surface area (Å²) in [6.45, 7) is 1.95. The van der Waals surface area contributed by atoms with Crippen LogP contribution in [0.5, 0.6) is 11.5 Å². The summed E-state index contributed by atoms with van der Waals surface area (Å²) in [4.78, 5) is 39.1. The van der Waals surface area contributed by atoms with Crippen LogP contribution in [0.2, 0.25) is 10.0 Å². The third-order valence-electron chi connectivity index (χ3n) is 4.91. The lowest BCUT2D eigenvalue weighted by molar-refractivity contribution is -0.130. The largest absolute Gasteiger partial charge is 0.486 e. The number of benzene rings is 2. The van der Waals surface area contributed by atoms with Crippen molar-refractivity contribution in [3.8, 4) is 11.5 Å². The maximum absolute atomic E-state index is 13.0. The van der Waals surface area contributed by atoms with E-state index < -0.39 is 29.8 Å². The fourth-order valence-corrected chi connectivity index (χ4v) is 3.97. The number of carbonyl (C=O) groups is 3. The van der Waals surface area contributed by atoms with Gasteiger partial charge >= 0.3 is 6.03 Å². The lowest BCUT2D eigenvalue weighted by Gasteiger charge is -2.23. The second kappa shape index (κ2) is 7.24. The minimum atomic E-state index is -1.40. The predicted octanol–water partition coefficient (Wildman–Crippen LogP) is 3.41. The van der Waals surface area contributed by atoms with E-state index in [9.17, 15) is 14.4 Å². The van der Waals surface area contributed by atoms with Gasteiger partial charge in [0, 0.05) is 21.2 Å². The molecule has 4 rings (SSSR count). The zero-order valence-corrected chi connectivity index (χ0v) is 16.8. The molecule has 0 aliphatic carbocycles. The summed E-state index contributed by atoms with van der Waals surface area (Å²) >= 11 is 12.1. The Balaban J connectivity index is 1.57. The van der Waals surface area contributed by atoms with Crippen molar-refractivity contribution in [2.24, 2.45) is 0 Å². The van der Waals surface area contributed by atoms with Gasteiger partial charge in [-0.25, -0.2) is 4.79 Å². The lowest BCUT2D eigenvalue weighted by Crippen LogP contribution is -2.41. The second-order valence-corrected chi connectivity index (χ2v) is 7.70. The van der Waals surface area contributed by atoms with Crippen molar-refractivity contribution in [3.63, 3.8) is 0 Å². The molecule has 0 saturated carbocycles. The first-order valence-corrected chi connectivity index (χ1v) is 9.57. The molecule has 1 saturated heterocycles. The highest BCUT2D eigenvalue weighted by Gasteiger charge is 2.50. The van der Waals surface area contributed by atoms with Gasteiger partial charge < -0.3 is 14.8 Å². The molecule has 1 N–H and O–H groups in total. The SMILES string of the molecule is C[C@]1(c2ccc(Cl)cc2Cl)NC(=O)N(CC(=O)c2ccc3c(c2)OCCO3)C1=O. The number of hydrogen-bond acceptors (Lipinski definition) is 5. The van der Waals surface area contributed by atoms with Crippen molar-refractivity contribution in [3.05, 3.63) is 57.6 Å². The quantitative estimate of drug-likeness (QED) is 0.588. The highest BCUT2D eigenvalue weighted by atomic mass is 35.5. The minimum absolute atomic E-state index is 0.244. The van der Waals surface area contributed by atoms with Gasteiger partial charge in [-0.2, -0.15) is 0 Å². The molecule has 29 heavy (non-hydrogen) atoms. The molecule has 0 spiro atoms. The lowest BCUT2D eigenvalue weighted by atomic mass is 9.92. The number of amides is 3. The van der Waals surface area contributed by atoms with Crippen molar-refractivity contribution in [1.29, 1.82) is 0 Å². The minimum Gasteiger partial charge on any atom is -0.486 e. The highest BCUT2D eigenvalue weighted by Crippen LogP contribution is 2.35. The summed E-state index contributed by atoms with van der Waals surface area (Å²) in [7, 11) is 0. The van der Waals surface area contributed by atoms with Crippen LogP contribution in [0.15, 0.2) is 36.4 Å². The van der Waals surface area contributed by atoms with Gasteiger partial charge in [-0.15, -0.1) is 0 Å². The summed E-state index contributed by atoms with van der Waals surface area (Å²) in [5, 5.41) is 3.28. The van der Waals surface area contributed by atoms with Crippen LogP contribution in [-0.4, -0.2) is 42.4 Å². The number of urea groups is 1. The molecule has 0 aromatic heterocycles. The van der Waals surface area contributed by atoms with Crippen molar-refractivity contribution in [2.45, 2.75) is 12.5 Å². The van der Waals surface area contributed by atoms with Crippen molar-refractivity contribution in [1.82, 2.24) is 10.2 Å². The van der Waals surface area contributed by atoms with E-state index in [0.717, 1.165) is 4.90 Å². The summed E-state index contributed by atoms with van der Waals surface area (Å²) in [5.74, 6) is 0.0272. The number of fused-ring (bicyclic) bond motifs is 1. The summed E-state index contributed by atoms with van der Waals surface area (Å²) in [5.41, 5.74) is -0.685. The van der Waals surface area contributed by atoms with E-state index >= 15 is 0 Å². The van der Waals surface area contributed by atoms with Gasteiger partial charge in [-0.3, -0.25) is 14.5 Å². The number of Topliss-reactive ketones (excluding diaryl/α,β-unsaturated/α-hetero) is 1. The Kier molecular flexibility index (Phi) is 4.88. The standard InChI is InChI=1S/C20H16Cl2N2O5/c1-20(13-4-3-12(21)9-14(13)22)18(26)24(19(27)23-20)10-15(25)11-2-5-16-17(8-11)29-7-6-28-16/h2-5,8-9H,6-7,10H2,1H3,(H,23,27)/t20-/m1/s1. The molecule has 3 amide bonds. The fraction of sp³-hybridized carbons (Fsp3) is 0.250. The van der Waals surface area contributed by atoms with Crippen LogP contribution in [0.3, 0.4) is 0 Å². The van der Waals surface area contributed by atoms with Crippen LogP contribution >= 0.6 is 23.2 Å². The van der Waals surface area contributed by atoms with Gasteiger partial charge in [0.15, 0.2) is 17.3 Å². The molecule has 0 radical (unpaired) electrons. The fourth-order valence-electron chi connectivity index (χ4n) is 3.37. The number of hydrogen-bond donors (Lipinski definition) is 1. The summed E-state index contributed by atoms with van der Waals surface area (Å²) in [6.07, 6.45) is 0. The first kappa shape index (κ1) is 19.5. The first-order chi connectivity index (χ1) is 13.8. The van der Waals surface area contributed by atoms with E-state index in [2.05, 4.69) is 5.32 Å². The third-order valence-corrected chi connectivity index (χ3v) is 5.46. The second-order valence-electron chi connectivity index (χ2n) is 6.85. The number of carbonyl (C=O) groups excluding carboxylic acids is 3. The number of nitrogens with one attached hydrogen (secondary N) is 1. The van der Waals surface area contributed by atoms with Gasteiger partial charge in [0.25, 0.3) is 5.91 Å². The average molecular weight is 435 g/mol. The predicted molar refractivity (Wildman–Crippen MR) is 106 cm³/mol. The van der Waals surface area contributed by atoms with Crippen LogP contribution in [-0.2, 0) is 10.3 Å². The molecule has 7 nitrogen and oxygen atoms in total. The zero-order chi connectivity index (χ0) is 20.8. The first-order valence-electron chi connectivity index (χ1n) is 8.82. The van der Waals surface area contributed by atoms with Gasteiger partial charge in [0.2, 0.25) is 0 Å². The van der Waals surface area contributed by atoms with Gasteiger partial charge in [0.1, 0.15) is 18.8 Å². The van der Waals surface area contributed by atoms with E-state index in [1.54, 1.807) is 30.3 Å². The van der Waals surface area contributed by atoms with Gasteiger partial charge in [0.05, 0.1) is 6.54 Å². The molecular weight excluding hydrogens is 419 g/mol. The van der Waals surface area contributed by atoms with Crippen molar-refractivity contribution in [2.75, 3.05) is 19.8 Å². The van der Waals surface area contributed by atoms with Gasteiger partial charge in [-0.05, 0) is 37.3 Å². The van der Waals surface area contributed by atoms with Gasteiger partial charge in [-0.1, -0.05) is 29.3 Å². The number of ether oxygens (including phenoxy) is 2. The van der Waals surface area contributed by atoms with Crippen molar-refractivity contribution < 1.29 is 23.9 Å². The monoisotopic (exact) mass is 434 g/mol. The molecule has 2 aromatic carbocycles. The molecule has 0 bridgehead atoms. The maximum atomic E-state index is 13.0. The molecular formula is C20H16Cl2N2O5. The Labute approximate surface area is 176 Å². The molecule has 0 unspecified atom stereocenters. The Morgan fingerprint density at radius 1 is 1.10 bits per heavy atom.